The molecule has 2 aromatic rings. The molecule has 2 heterocycles. The molecule has 0 atom stereocenters. The van der Waals surface area contributed by atoms with Crippen LogP contribution in [0.15, 0.2) is 42.7 Å². The quantitative estimate of drug-likeness (QED) is 0.928. The number of amides is 1. The normalized spacial score (nSPS) is 17.6. The van der Waals surface area contributed by atoms with Crippen LogP contribution in [0.25, 0.3) is 0 Å². The number of nitrogens with one attached hydrogen (secondary N) is 1. The van der Waals surface area contributed by atoms with Crippen molar-refractivity contribution in [1.82, 2.24) is 4.98 Å². The Labute approximate surface area is 142 Å². The molecule has 0 spiro atoms. The van der Waals surface area contributed by atoms with Crippen LogP contribution in [0.5, 0.6) is 0 Å². The third-order valence-electron chi connectivity index (χ3n) is 5.09. The second-order valence-corrected chi connectivity index (χ2v) is 6.78. The fourth-order valence-corrected chi connectivity index (χ4v) is 3.82. The van der Waals surface area contributed by atoms with E-state index < -0.39 is 0 Å². The summed E-state index contributed by atoms with van der Waals surface area (Å²) in [7, 11) is 0. The molecule has 1 fully saturated rings. The minimum absolute atomic E-state index is 0.0414. The molecule has 1 aromatic carbocycles. The number of hydrogen-bond donors (Lipinski definition) is 1. The van der Waals surface area contributed by atoms with Crippen LogP contribution < -0.4 is 10.2 Å². The maximum absolute atomic E-state index is 12.9. The van der Waals surface area contributed by atoms with Gasteiger partial charge in [-0.05, 0) is 37.0 Å². The number of aromatic nitrogens is 1. The number of anilines is 2. The fourth-order valence-electron chi connectivity index (χ4n) is 3.82. The van der Waals surface area contributed by atoms with Gasteiger partial charge in [-0.3, -0.25) is 9.78 Å². The first-order valence-electron chi connectivity index (χ1n) is 8.92. The molecular formula is C20H23N3O. The lowest BCUT2D eigenvalue weighted by Crippen LogP contribution is -2.29. The van der Waals surface area contributed by atoms with E-state index >= 15 is 0 Å². The summed E-state index contributed by atoms with van der Waals surface area (Å²) in [6.07, 6.45) is 10.7. The average Bonchev–Trinajstić information content (AvgIpc) is 3.06. The Morgan fingerprint density at radius 3 is 2.83 bits per heavy atom. The number of nitrogens with zero attached hydrogens (tertiary/aromatic N) is 2. The highest BCUT2D eigenvalue weighted by molar-refractivity contribution is 6.07. The molecule has 1 aliphatic carbocycles. The van der Waals surface area contributed by atoms with E-state index in [4.69, 9.17) is 0 Å². The zero-order valence-electron chi connectivity index (χ0n) is 13.9. The predicted octanol–water partition coefficient (Wildman–Crippen LogP) is 4.03. The van der Waals surface area contributed by atoms with Crippen molar-refractivity contribution >= 4 is 17.3 Å². The first-order chi connectivity index (χ1) is 11.8. The van der Waals surface area contributed by atoms with Crippen LogP contribution in [0.3, 0.4) is 0 Å². The first kappa shape index (κ1) is 15.2. The van der Waals surface area contributed by atoms with E-state index in [0.717, 1.165) is 24.3 Å². The molecule has 0 radical (unpaired) electrons. The summed E-state index contributed by atoms with van der Waals surface area (Å²) in [4.78, 5) is 19.1. The molecule has 2 aliphatic rings. The molecule has 1 aromatic heterocycles. The molecule has 1 N–H and O–H groups in total. The van der Waals surface area contributed by atoms with Crippen molar-refractivity contribution < 1.29 is 4.79 Å². The van der Waals surface area contributed by atoms with E-state index in [1.54, 1.807) is 6.20 Å². The first-order valence-corrected chi connectivity index (χ1v) is 8.92. The predicted molar refractivity (Wildman–Crippen MR) is 96.6 cm³/mol. The van der Waals surface area contributed by atoms with Gasteiger partial charge in [-0.1, -0.05) is 37.5 Å². The Morgan fingerprint density at radius 1 is 1.12 bits per heavy atom. The van der Waals surface area contributed by atoms with Crippen molar-refractivity contribution in [3.63, 3.8) is 0 Å². The van der Waals surface area contributed by atoms with Gasteiger partial charge in [0.15, 0.2) is 0 Å². The Balaban J connectivity index is 1.52. The number of hydrogen-bond acceptors (Lipinski definition) is 3. The van der Waals surface area contributed by atoms with Gasteiger partial charge in [-0.15, -0.1) is 0 Å². The van der Waals surface area contributed by atoms with Crippen LogP contribution in [0, 0.1) is 0 Å². The largest absolute Gasteiger partial charge is 0.381 e. The molecule has 24 heavy (non-hydrogen) atoms. The summed E-state index contributed by atoms with van der Waals surface area (Å²) in [6, 6.07) is 10.6. The summed E-state index contributed by atoms with van der Waals surface area (Å²) in [5, 5.41) is 3.55. The molecule has 4 nitrogen and oxygen atoms in total. The minimum atomic E-state index is 0.0414. The molecule has 124 valence electrons. The summed E-state index contributed by atoms with van der Waals surface area (Å²) < 4.78 is 0. The fraction of sp³-hybridized carbons (Fsp3) is 0.400. The van der Waals surface area contributed by atoms with Gasteiger partial charge in [0.1, 0.15) is 0 Å². The van der Waals surface area contributed by atoms with E-state index in [1.165, 1.54) is 37.7 Å². The second-order valence-electron chi connectivity index (χ2n) is 6.78. The molecule has 0 unspecified atom stereocenters. The number of pyridine rings is 1. The number of carbonyl (C=O) groups is 1. The Bertz CT molecular complexity index is 737. The van der Waals surface area contributed by atoms with Crippen molar-refractivity contribution in [1.29, 1.82) is 0 Å². The Kier molecular flexibility index (Phi) is 4.20. The van der Waals surface area contributed by atoms with Gasteiger partial charge < -0.3 is 10.2 Å². The maximum atomic E-state index is 12.9. The van der Waals surface area contributed by atoms with Gasteiger partial charge in [-0.2, -0.15) is 0 Å². The lowest BCUT2D eigenvalue weighted by atomic mass is 9.95. The number of para-hydroxylation sites is 1. The van der Waals surface area contributed by atoms with E-state index in [-0.39, 0.29) is 5.91 Å². The van der Waals surface area contributed by atoms with Crippen LogP contribution in [0.4, 0.5) is 11.4 Å². The van der Waals surface area contributed by atoms with Crippen LogP contribution in [-0.2, 0) is 6.42 Å². The monoisotopic (exact) mass is 321 g/mol. The zero-order valence-corrected chi connectivity index (χ0v) is 13.9. The van der Waals surface area contributed by atoms with Crippen molar-refractivity contribution in [3.8, 4) is 0 Å². The molecule has 1 amide bonds. The van der Waals surface area contributed by atoms with E-state index in [2.05, 4.69) is 16.4 Å². The number of rotatable bonds is 3. The lowest BCUT2D eigenvalue weighted by Gasteiger charge is -2.24. The van der Waals surface area contributed by atoms with E-state index in [9.17, 15) is 4.79 Å². The molecular weight excluding hydrogens is 298 g/mol. The van der Waals surface area contributed by atoms with Crippen LogP contribution >= 0.6 is 0 Å². The lowest BCUT2D eigenvalue weighted by molar-refractivity contribution is 0.0989. The van der Waals surface area contributed by atoms with Gasteiger partial charge in [0.25, 0.3) is 5.91 Å². The van der Waals surface area contributed by atoms with Crippen LogP contribution in [0.2, 0.25) is 0 Å². The van der Waals surface area contributed by atoms with Crippen molar-refractivity contribution in [2.24, 2.45) is 0 Å². The molecule has 1 saturated carbocycles. The number of fused-ring (bicyclic) bond motifs is 1. The summed E-state index contributed by atoms with van der Waals surface area (Å²) in [5.74, 6) is 0.0414. The highest BCUT2D eigenvalue weighted by Gasteiger charge is 2.25. The van der Waals surface area contributed by atoms with Crippen molar-refractivity contribution in [3.05, 3.63) is 53.9 Å². The van der Waals surface area contributed by atoms with Crippen molar-refractivity contribution in [2.75, 3.05) is 16.8 Å². The Morgan fingerprint density at radius 2 is 1.96 bits per heavy atom. The van der Waals surface area contributed by atoms with Crippen LogP contribution in [0.1, 0.15) is 48.0 Å². The van der Waals surface area contributed by atoms with Crippen LogP contribution in [-0.4, -0.2) is 23.5 Å². The third kappa shape index (κ3) is 3.01. The van der Waals surface area contributed by atoms with E-state index in [1.807, 2.05) is 35.4 Å². The molecule has 1 aliphatic heterocycles. The summed E-state index contributed by atoms with van der Waals surface area (Å²) >= 11 is 0. The minimum Gasteiger partial charge on any atom is -0.381 e. The van der Waals surface area contributed by atoms with Gasteiger partial charge >= 0.3 is 0 Å². The molecule has 4 rings (SSSR count). The smallest absolute Gasteiger partial charge is 0.259 e. The van der Waals surface area contributed by atoms with Gasteiger partial charge in [-0.25, -0.2) is 0 Å². The van der Waals surface area contributed by atoms with Gasteiger partial charge in [0.05, 0.1) is 11.3 Å². The number of benzene rings is 1. The third-order valence-corrected chi connectivity index (χ3v) is 5.09. The summed E-state index contributed by atoms with van der Waals surface area (Å²) in [6.45, 7) is 0.748. The summed E-state index contributed by atoms with van der Waals surface area (Å²) in [5.41, 5.74) is 3.90. The SMILES string of the molecule is O=C(c1cncc(NC2CCCCC2)c1)N1CCc2ccccc21. The highest BCUT2D eigenvalue weighted by Crippen LogP contribution is 2.29. The average molecular weight is 321 g/mol. The maximum Gasteiger partial charge on any atom is 0.259 e. The topological polar surface area (TPSA) is 45.2 Å². The Hall–Kier alpha value is -2.36. The zero-order chi connectivity index (χ0) is 16.4. The molecule has 0 bridgehead atoms. The van der Waals surface area contributed by atoms with Gasteiger partial charge in [0.2, 0.25) is 0 Å². The van der Waals surface area contributed by atoms with E-state index in [0.29, 0.717) is 11.6 Å². The van der Waals surface area contributed by atoms with Crippen molar-refractivity contribution in [2.45, 2.75) is 44.6 Å². The highest BCUT2D eigenvalue weighted by atomic mass is 16.2. The standard InChI is InChI=1S/C20H23N3O/c24-20(23-11-10-15-6-4-5-9-19(15)23)16-12-18(14-21-13-16)22-17-7-2-1-3-8-17/h4-6,9,12-14,17,22H,1-3,7-8,10-11H2. The second kappa shape index (κ2) is 6.63. The molecule has 0 saturated heterocycles. The number of carbonyl (C=O) groups excluding carboxylic acids is 1. The molecule has 4 heteroatoms. The van der Waals surface area contributed by atoms with Gasteiger partial charge in [0, 0.05) is 30.7 Å².